The molecule has 27 heavy (non-hydrogen) atoms. The molecule has 0 aromatic carbocycles. The second-order valence-corrected chi connectivity index (χ2v) is 7.17. The van der Waals surface area contributed by atoms with Gasteiger partial charge in [-0.3, -0.25) is 4.98 Å². The predicted molar refractivity (Wildman–Crippen MR) is 102 cm³/mol. The number of piperidine rings is 1. The van der Waals surface area contributed by atoms with Crippen LogP contribution in [0.3, 0.4) is 0 Å². The third-order valence-corrected chi connectivity index (χ3v) is 5.50. The lowest BCUT2D eigenvalue weighted by molar-refractivity contribution is 0.122. The first kappa shape index (κ1) is 16.7. The molecule has 3 aliphatic rings. The third kappa shape index (κ3) is 3.30. The largest absolute Gasteiger partial charge is 0.485 e. The zero-order valence-electron chi connectivity index (χ0n) is 15.3. The number of rotatable bonds is 2. The van der Waals surface area contributed by atoms with Crippen LogP contribution >= 0.6 is 0 Å². The number of pyridine rings is 1. The zero-order valence-corrected chi connectivity index (χ0v) is 15.3. The molecule has 0 radical (unpaired) electrons. The Bertz CT molecular complexity index is 818. The summed E-state index contributed by atoms with van der Waals surface area (Å²) >= 11 is 0. The van der Waals surface area contributed by atoms with Crippen LogP contribution in [0.25, 0.3) is 0 Å². The highest BCUT2D eigenvalue weighted by atomic mass is 16.5. The first-order valence-corrected chi connectivity index (χ1v) is 9.65. The predicted octanol–water partition coefficient (Wildman–Crippen LogP) is 1.81. The zero-order chi connectivity index (χ0) is 18.1. The number of ether oxygens (including phenoxy) is 2. The first-order valence-electron chi connectivity index (χ1n) is 9.65. The number of hydrogen-bond acceptors (Lipinski definition) is 8. The van der Waals surface area contributed by atoms with E-state index in [4.69, 9.17) is 9.47 Å². The van der Waals surface area contributed by atoms with Crippen LogP contribution in [-0.2, 0) is 11.3 Å². The molecule has 2 aromatic heterocycles. The smallest absolute Gasteiger partial charge is 0.161 e. The fraction of sp³-hybridized carbons (Fsp3) is 0.526. The topological polar surface area (TPSA) is 84.4 Å². The maximum atomic E-state index is 6.07. The summed E-state index contributed by atoms with van der Waals surface area (Å²) < 4.78 is 11.5. The number of nitrogens with zero attached hydrogens (tertiary/aromatic N) is 4. The maximum Gasteiger partial charge on any atom is 0.161 e. The summed E-state index contributed by atoms with van der Waals surface area (Å²) in [5.41, 5.74) is 3.04. The average Bonchev–Trinajstić information content (AvgIpc) is 2.93. The number of fused-ring (bicyclic) bond motifs is 2. The van der Waals surface area contributed by atoms with Gasteiger partial charge in [0.1, 0.15) is 24.6 Å². The van der Waals surface area contributed by atoms with Crippen molar-refractivity contribution in [2.75, 3.05) is 49.6 Å². The van der Waals surface area contributed by atoms with Crippen LogP contribution in [-0.4, -0.2) is 54.3 Å². The summed E-state index contributed by atoms with van der Waals surface area (Å²) in [6, 6.07) is 2.12. The summed E-state index contributed by atoms with van der Waals surface area (Å²) in [6.45, 7) is 5.62. The number of nitrogens with one attached hydrogen (secondary N) is 2. The fourth-order valence-corrected chi connectivity index (χ4v) is 3.98. The van der Waals surface area contributed by atoms with Crippen LogP contribution < -0.4 is 20.3 Å². The van der Waals surface area contributed by atoms with Crippen molar-refractivity contribution < 1.29 is 9.47 Å². The molecule has 0 amide bonds. The number of aromatic nitrogens is 3. The van der Waals surface area contributed by atoms with Gasteiger partial charge in [0.25, 0.3) is 0 Å². The molecule has 8 nitrogen and oxygen atoms in total. The molecule has 0 bridgehead atoms. The van der Waals surface area contributed by atoms with Gasteiger partial charge in [0, 0.05) is 24.7 Å². The lowest BCUT2D eigenvalue weighted by atomic mass is 9.94. The molecule has 2 fully saturated rings. The van der Waals surface area contributed by atoms with Gasteiger partial charge in [-0.05, 0) is 32.0 Å². The van der Waals surface area contributed by atoms with E-state index < -0.39 is 0 Å². The SMILES string of the molecule is c1nc2c(c(N3CCOCC3)n1)COc1cnc(C3CCNCC3)cc1N2. The van der Waals surface area contributed by atoms with Crippen molar-refractivity contribution in [3.05, 3.63) is 29.8 Å². The van der Waals surface area contributed by atoms with E-state index in [0.717, 1.165) is 86.6 Å². The highest BCUT2D eigenvalue weighted by Gasteiger charge is 2.25. The standard InChI is InChI=1S/C19H24N6O2/c1-3-20-4-2-13(1)15-9-16-17(10-21-15)27-11-14-18(24-16)22-12-23-19(14)25-5-7-26-8-6-25/h9-10,12-13,20H,1-8,11H2,(H,22,23,24). The molecule has 0 atom stereocenters. The minimum atomic E-state index is 0.428. The normalized spacial score (nSPS) is 20.1. The van der Waals surface area contributed by atoms with Crippen LogP contribution in [0.15, 0.2) is 18.6 Å². The molecule has 142 valence electrons. The molecule has 3 aliphatic heterocycles. The molecule has 8 heteroatoms. The molecule has 0 spiro atoms. The van der Waals surface area contributed by atoms with Crippen LogP contribution in [0.5, 0.6) is 5.75 Å². The third-order valence-electron chi connectivity index (χ3n) is 5.50. The molecule has 0 saturated carbocycles. The van der Waals surface area contributed by atoms with Gasteiger partial charge in [-0.15, -0.1) is 0 Å². The lowest BCUT2D eigenvalue weighted by Gasteiger charge is -2.29. The van der Waals surface area contributed by atoms with Crippen molar-refractivity contribution >= 4 is 17.3 Å². The molecule has 2 N–H and O–H groups in total. The van der Waals surface area contributed by atoms with Gasteiger partial charge in [0.05, 0.1) is 30.7 Å². The lowest BCUT2D eigenvalue weighted by Crippen LogP contribution is -2.37. The maximum absolute atomic E-state index is 6.07. The Labute approximate surface area is 158 Å². The minimum absolute atomic E-state index is 0.428. The van der Waals surface area contributed by atoms with E-state index in [1.807, 2.05) is 6.20 Å². The molecule has 5 rings (SSSR count). The van der Waals surface area contributed by atoms with E-state index in [1.54, 1.807) is 6.33 Å². The molecule has 0 unspecified atom stereocenters. The van der Waals surface area contributed by atoms with Gasteiger partial charge in [0.15, 0.2) is 5.75 Å². The van der Waals surface area contributed by atoms with Crippen molar-refractivity contribution in [1.82, 2.24) is 20.3 Å². The summed E-state index contributed by atoms with van der Waals surface area (Å²) in [4.78, 5) is 15.9. The van der Waals surface area contributed by atoms with Gasteiger partial charge >= 0.3 is 0 Å². The summed E-state index contributed by atoms with van der Waals surface area (Å²) in [5.74, 6) is 3.00. The highest BCUT2D eigenvalue weighted by Crippen LogP contribution is 2.37. The number of hydrogen-bond donors (Lipinski definition) is 2. The van der Waals surface area contributed by atoms with Crippen molar-refractivity contribution in [2.45, 2.75) is 25.4 Å². The number of anilines is 3. The van der Waals surface area contributed by atoms with Gasteiger partial charge in [-0.1, -0.05) is 0 Å². The minimum Gasteiger partial charge on any atom is -0.485 e. The number of morpholine rings is 1. The van der Waals surface area contributed by atoms with Crippen LogP contribution in [0, 0.1) is 0 Å². The van der Waals surface area contributed by atoms with Crippen molar-refractivity contribution in [3.8, 4) is 5.75 Å². The Balaban J connectivity index is 1.45. The summed E-state index contributed by atoms with van der Waals surface area (Å²) in [6.07, 6.45) is 5.70. The fourth-order valence-electron chi connectivity index (χ4n) is 3.98. The van der Waals surface area contributed by atoms with E-state index >= 15 is 0 Å². The quantitative estimate of drug-likeness (QED) is 0.830. The van der Waals surface area contributed by atoms with Crippen LogP contribution in [0.1, 0.15) is 30.0 Å². The van der Waals surface area contributed by atoms with E-state index in [-0.39, 0.29) is 0 Å². The summed E-state index contributed by atoms with van der Waals surface area (Å²) in [5, 5.41) is 6.88. The Kier molecular flexibility index (Phi) is 4.51. The van der Waals surface area contributed by atoms with Gasteiger partial charge in [-0.25, -0.2) is 9.97 Å². The molecular weight excluding hydrogens is 344 g/mol. The van der Waals surface area contributed by atoms with E-state index in [2.05, 4.69) is 36.6 Å². The molecule has 5 heterocycles. The second-order valence-electron chi connectivity index (χ2n) is 7.17. The molecule has 0 aliphatic carbocycles. The van der Waals surface area contributed by atoms with Crippen LogP contribution in [0.2, 0.25) is 0 Å². The van der Waals surface area contributed by atoms with Gasteiger partial charge in [-0.2, -0.15) is 0 Å². The van der Waals surface area contributed by atoms with Crippen molar-refractivity contribution in [3.63, 3.8) is 0 Å². The first-order chi connectivity index (χ1) is 13.4. The van der Waals surface area contributed by atoms with Crippen LogP contribution in [0.4, 0.5) is 17.3 Å². The second kappa shape index (κ2) is 7.28. The van der Waals surface area contributed by atoms with Crippen molar-refractivity contribution in [1.29, 1.82) is 0 Å². The Morgan fingerprint density at radius 3 is 2.78 bits per heavy atom. The molecular formula is C19H24N6O2. The van der Waals surface area contributed by atoms with Gasteiger partial charge < -0.3 is 25.0 Å². The molecule has 2 saturated heterocycles. The Morgan fingerprint density at radius 1 is 1.07 bits per heavy atom. The van der Waals surface area contributed by atoms with Gasteiger partial charge in [0.2, 0.25) is 0 Å². The summed E-state index contributed by atoms with van der Waals surface area (Å²) in [7, 11) is 0. The highest BCUT2D eigenvalue weighted by molar-refractivity contribution is 5.71. The molecule has 2 aromatic rings. The van der Waals surface area contributed by atoms with E-state index in [1.165, 1.54) is 0 Å². The van der Waals surface area contributed by atoms with E-state index in [0.29, 0.717) is 12.5 Å². The Hall–Kier alpha value is -2.45. The van der Waals surface area contributed by atoms with E-state index in [9.17, 15) is 0 Å². The Morgan fingerprint density at radius 2 is 1.93 bits per heavy atom. The average molecular weight is 368 g/mol. The monoisotopic (exact) mass is 368 g/mol. The van der Waals surface area contributed by atoms with Crippen molar-refractivity contribution in [2.24, 2.45) is 0 Å².